The Morgan fingerprint density at radius 1 is 1.16 bits per heavy atom. The molecule has 3 aromatic rings. The van der Waals surface area contributed by atoms with E-state index in [-0.39, 0.29) is 5.91 Å². The minimum atomic E-state index is -5.08. The predicted octanol–water partition coefficient (Wildman–Crippen LogP) is 3.67. The van der Waals surface area contributed by atoms with Gasteiger partial charge in [0.15, 0.2) is 0 Å². The molecule has 0 saturated carbocycles. The van der Waals surface area contributed by atoms with Gasteiger partial charge in [-0.2, -0.15) is 13.2 Å². The zero-order chi connectivity index (χ0) is 22.6. The van der Waals surface area contributed by atoms with Gasteiger partial charge in [-0.1, -0.05) is 12.1 Å². The molecule has 1 aromatic carbocycles. The molecule has 0 aliphatic carbocycles. The molecule has 31 heavy (non-hydrogen) atoms. The van der Waals surface area contributed by atoms with Gasteiger partial charge >= 0.3 is 12.1 Å². The molecule has 3 heterocycles. The van der Waals surface area contributed by atoms with Crippen LogP contribution in [-0.2, 0) is 11.2 Å². The smallest absolute Gasteiger partial charge is 0.490 e. The number of nitrogens with zero attached hydrogens (tertiary/aromatic N) is 1. The van der Waals surface area contributed by atoms with Crippen LogP contribution in [0.3, 0.4) is 0 Å². The molecule has 0 radical (unpaired) electrons. The van der Waals surface area contributed by atoms with Gasteiger partial charge in [-0.15, -0.1) is 0 Å². The summed E-state index contributed by atoms with van der Waals surface area (Å²) in [7, 11) is 1.65. The van der Waals surface area contributed by atoms with Crippen molar-refractivity contribution in [1.29, 1.82) is 0 Å². The van der Waals surface area contributed by atoms with Crippen molar-refractivity contribution in [3.8, 4) is 28.3 Å². The van der Waals surface area contributed by atoms with Crippen LogP contribution in [0.5, 0.6) is 5.75 Å². The number of fused-ring (bicyclic) bond motifs is 1. The Labute approximate surface area is 174 Å². The van der Waals surface area contributed by atoms with Crippen molar-refractivity contribution in [3.05, 3.63) is 59.9 Å². The van der Waals surface area contributed by atoms with Crippen LogP contribution in [0.4, 0.5) is 13.2 Å². The van der Waals surface area contributed by atoms with Crippen molar-refractivity contribution in [2.24, 2.45) is 0 Å². The van der Waals surface area contributed by atoms with E-state index in [0.717, 1.165) is 45.9 Å². The van der Waals surface area contributed by atoms with Crippen LogP contribution in [0.1, 0.15) is 16.1 Å². The third-order valence-electron chi connectivity index (χ3n) is 4.48. The van der Waals surface area contributed by atoms with Crippen LogP contribution in [-0.4, -0.2) is 46.8 Å². The Morgan fingerprint density at radius 3 is 2.55 bits per heavy atom. The number of carboxylic acid groups (broad SMARTS) is 1. The van der Waals surface area contributed by atoms with Gasteiger partial charge in [-0.3, -0.25) is 9.78 Å². The Bertz CT molecular complexity index is 1110. The monoisotopic (exact) mass is 433 g/mol. The predicted molar refractivity (Wildman–Crippen MR) is 106 cm³/mol. The van der Waals surface area contributed by atoms with Gasteiger partial charge in [0.1, 0.15) is 5.75 Å². The molecule has 0 bridgehead atoms. The molecule has 2 aromatic heterocycles. The molecule has 0 spiro atoms. The van der Waals surface area contributed by atoms with Crippen molar-refractivity contribution in [2.75, 3.05) is 13.7 Å². The Morgan fingerprint density at radius 2 is 1.90 bits per heavy atom. The van der Waals surface area contributed by atoms with Gasteiger partial charge in [0, 0.05) is 41.7 Å². The minimum Gasteiger partial charge on any atom is -0.497 e. The van der Waals surface area contributed by atoms with Gasteiger partial charge in [0.2, 0.25) is 0 Å². The lowest BCUT2D eigenvalue weighted by Crippen LogP contribution is -2.31. The van der Waals surface area contributed by atoms with Gasteiger partial charge in [-0.05, 0) is 30.3 Å². The summed E-state index contributed by atoms with van der Waals surface area (Å²) in [4.78, 5) is 28.7. The summed E-state index contributed by atoms with van der Waals surface area (Å²) in [5.74, 6) is -1.97. The fraction of sp³-hybridized carbons (Fsp3) is 0.190. The number of aromatic amines is 1. The van der Waals surface area contributed by atoms with E-state index in [0.29, 0.717) is 6.54 Å². The number of hydrogen-bond donors (Lipinski definition) is 3. The zero-order valence-electron chi connectivity index (χ0n) is 16.3. The van der Waals surface area contributed by atoms with E-state index in [1.54, 1.807) is 13.3 Å². The van der Waals surface area contributed by atoms with Gasteiger partial charge in [0.05, 0.1) is 18.4 Å². The molecular weight excluding hydrogens is 415 g/mol. The number of H-pyrrole nitrogens is 1. The number of hydrogen-bond acceptors (Lipinski definition) is 4. The summed E-state index contributed by atoms with van der Waals surface area (Å²) in [6.07, 6.45) is -2.47. The molecule has 10 heteroatoms. The quantitative estimate of drug-likeness (QED) is 0.585. The van der Waals surface area contributed by atoms with Gasteiger partial charge < -0.3 is 20.1 Å². The fourth-order valence-electron chi connectivity index (χ4n) is 2.99. The van der Waals surface area contributed by atoms with Crippen LogP contribution in [0.15, 0.2) is 48.7 Å². The van der Waals surface area contributed by atoms with Crippen LogP contribution in [0.2, 0.25) is 0 Å². The highest BCUT2D eigenvalue weighted by molar-refractivity contribution is 5.97. The number of aromatic nitrogens is 2. The number of rotatable bonds is 3. The molecule has 1 aliphatic rings. The number of nitrogens with one attached hydrogen (secondary N) is 2. The number of benzene rings is 1. The number of pyridine rings is 1. The van der Waals surface area contributed by atoms with E-state index in [1.165, 1.54) is 0 Å². The molecule has 3 N–H and O–H groups in total. The number of carbonyl (C=O) groups is 2. The Hall–Kier alpha value is -3.82. The maximum Gasteiger partial charge on any atom is 0.490 e. The normalized spacial score (nSPS) is 12.8. The molecule has 1 aliphatic heterocycles. The van der Waals surface area contributed by atoms with E-state index in [9.17, 15) is 18.0 Å². The van der Waals surface area contributed by atoms with Crippen LogP contribution >= 0.6 is 0 Å². The Balaban J connectivity index is 0.000000339. The minimum absolute atomic E-state index is 0.0131. The first-order valence-electron chi connectivity index (χ1n) is 9.10. The summed E-state index contributed by atoms with van der Waals surface area (Å²) in [5.41, 5.74) is 5.52. The first kappa shape index (κ1) is 21.9. The number of aliphatic carboxylic acids is 1. The van der Waals surface area contributed by atoms with Crippen LogP contribution < -0.4 is 10.1 Å². The third kappa shape index (κ3) is 5.21. The summed E-state index contributed by atoms with van der Waals surface area (Å²) in [6, 6.07) is 13.7. The molecule has 162 valence electrons. The highest BCUT2D eigenvalue weighted by Gasteiger charge is 2.38. The summed E-state index contributed by atoms with van der Waals surface area (Å²) in [6.45, 7) is 0.678. The second-order valence-electron chi connectivity index (χ2n) is 6.55. The molecule has 7 nitrogen and oxygen atoms in total. The highest BCUT2D eigenvalue weighted by atomic mass is 19.4. The molecule has 4 rings (SSSR count). The first-order valence-corrected chi connectivity index (χ1v) is 9.10. The first-order chi connectivity index (χ1) is 14.7. The SMILES string of the molecule is COc1cccc(-c2cc(-c3cc4c([nH]3)CCNC4=O)ccn2)c1.O=C(O)C(F)(F)F. The van der Waals surface area contributed by atoms with E-state index in [1.807, 2.05) is 42.5 Å². The van der Waals surface area contributed by atoms with Crippen molar-refractivity contribution >= 4 is 11.9 Å². The van der Waals surface area contributed by atoms with Gasteiger partial charge in [0.25, 0.3) is 5.91 Å². The second kappa shape index (κ2) is 8.90. The fourth-order valence-corrected chi connectivity index (χ4v) is 2.99. The molecule has 0 atom stereocenters. The number of alkyl halides is 3. The van der Waals surface area contributed by atoms with Gasteiger partial charge in [-0.25, -0.2) is 4.79 Å². The number of carboxylic acids is 1. The maximum atomic E-state index is 11.9. The number of halogens is 3. The lowest BCUT2D eigenvalue weighted by Gasteiger charge is -2.11. The molecular formula is C21H18F3N3O4. The van der Waals surface area contributed by atoms with Crippen LogP contribution in [0, 0.1) is 0 Å². The zero-order valence-corrected chi connectivity index (χ0v) is 16.3. The Kier molecular flexibility index (Phi) is 6.28. The second-order valence-corrected chi connectivity index (χ2v) is 6.55. The van der Waals surface area contributed by atoms with E-state index < -0.39 is 12.1 Å². The highest BCUT2D eigenvalue weighted by Crippen LogP contribution is 2.28. The molecule has 0 unspecified atom stereocenters. The van der Waals surface area contributed by atoms with E-state index in [2.05, 4.69) is 15.3 Å². The molecule has 0 saturated heterocycles. The lowest BCUT2D eigenvalue weighted by molar-refractivity contribution is -0.192. The van der Waals surface area contributed by atoms with Crippen molar-refractivity contribution in [3.63, 3.8) is 0 Å². The summed E-state index contributed by atoms with van der Waals surface area (Å²) >= 11 is 0. The summed E-state index contributed by atoms with van der Waals surface area (Å²) < 4.78 is 37.0. The average Bonchev–Trinajstić information content (AvgIpc) is 3.20. The molecule has 0 fully saturated rings. The van der Waals surface area contributed by atoms with Crippen molar-refractivity contribution < 1.29 is 32.6 Å². The third-order valence-corrected chi connectivity index (χ3v) is 4.48. The summed E-state index contributed by atoms with van der Waals surface area (Å²) in [5, 5.41) is 9.99. The lowest BCUT2D eigenvalue weighted by atomic mass is 10.1. The molecule has 1 amide bonds. The van der Waals surface area contributed by atoms with E-state index >= 15 is 0 Å². The van der Waals surface area contributed by atoms with Crippen molar-refractivity contribution in [1.82, 2.24) is 15.3 Å². The number of amides is 1. The number of methoxy groups -OCH3 is 1. The van der Waals surface area contributed by atoms with Crippen molar-refractivity contribution in [2.45, 2.75) is 12.6 Å². The largest absolute Gasteiger partial charge is 0.497 e. The number of ether oxygens (including phenoxy) is 1. The maximum absolute atomic E-state index is 11.9. The average molecular weight is 433 g/mol. The van der Waals surface area contributed by atoms with Crippen LogP contribution in [0.25, 0.3) is 22.5 Å². The number of carbonyl (C=O) groups excluding carboxylic acids is 1. The standard InChI is InChI=1S/C19H17N3O2.C2HF3O2/c1-24-14-4-2-3-12(9-14)17-10-13(5-7-20-17)18-11-15-16(22-18)6-8-21-19(15)23;3-2(4,5)1(6)7/h2-5,7,9-11,22H,6,8H2,1H3,(H,21,23);(H,6,7). The topological polar surface area (TPSA) is 104 Å². The van der Waals surface area contributed by atoms with E-state index in [4.69, 9.17) is 14.6 Å².